The van der Waals surface area contributed by atoms with Crippen molar-refractivity contribution in [2.45, 2.75) is 6.61 Å². The number of halogens is 1. The van der Waals surface area contributed by atoms with E-state index in [9.17, 15) is 9.59 Å². The highest BCUT2D eigenvalue weighted by molar-refractivity contribution is 9.10. The Kier molecular flexibility index (Phi) is 5.28. The Morgan fingerprint density at radius 3 is 2.62 bits per heavy atom. The monoisotopic (exact) mass is 492 g/mol. The number of hydrogen-bond donors (Lipinski definition) is 1. The summed E-state index contributed by atoms with van der Waals surface area (Å²) in [4.78, 5) is 25.1. The molecule has 2 heterocycles. The number of hydrazine groups is 1. The van der Waals surface area contributed by atoms with Crippen LogP contribution in [-0.4, -0.2) is 18.6 Å². The molecule has 3 aromatic carbocycles. The molecule has 0 unspecified atom stereocenters. The van der Waals surface area contributed by atoms with Crippen LogP contribution in [0, 0.1) is 0 Å². The quantitative estimate of drug-likeness (QED) is 0.426. The molecule has 0 aliphatic carbocycles. The van der Waals surface area contributed by atoms with Gasteiger partial charge in [0.25, 0.3) is 11.8 Å². The number of anilines is 1. The first-order valence-corrected chi connectivity index (χ1v) is 10.6. The summed E-state index contributed by atoms with van der Waals surface area (Å²) < 4.78 is 17.3. The maximum absolute atomic E-state index is 12.7. The summed E-state index contributed by atoms with van der Waals surface area (Å²) in [7, 11) is 0. The van der Waals surface area contributed by atoms with E-state index in [-0.39, 0.29) is 12.4 Å². The lowest BCUT2D eigenvalue weighted by atomic mass is 10.1. The summed E-state index contributed by atoms with van der Waals surface area (Å²) in [5, 5.41) is 1.24. The van der Waals surface area contributed by atoms with E-state index in [0.717, 1.165) is 11.3 Å². The molecule has 2 aliphatic rings. The average molecular weight is 493 g/mol. The van der Waals surface area contributed by atoms with Gasteiger partial charge in [-0.3, -0.25) is 15.0 Å². The molecule has 32 heavy (non-hydrogen) atoms. The number of carbonyl (C=O) groups excluding carboxylic acids is 2. The standard InChI is InChI=1S/C24H17BrN2O5/c25-19-11-15(10-18-23(28)26-27(24(18)29)17-4-2-1-3-5-17)6-8-20(19)30-13-16-7-9-21-22(12-16)32-14-31-21/h1-12H,13-14H2,(H,26,28). The molecule has 0 radical (unpaired) electrons. The van der Waals surface area contributed by atoms with Crippen molar-refractivity contribution in [1.82, 2.24) is 5.43 Å². The molecule has 160 valence electrons. The van der Waals surface area contributed by atoms with E-state index >= 15 is 0 Å². The van der Waals surface area contributed by atoms with Crippen LogP contribution in [0.2, 0.25) is 0 Å². The second-order valence-electron chi connectivity index (χ2n) is 7.14. The molecule has 8 heteroatoms. The Bertz CT molecular complexity index is 1240. The number of rotatable bonds is 5. The van der Waals surface area contributed by atoms with Crippen LogP contribution in [0.1, 0.15) is 11.1 Å². The molecule has 1 saturated heterocycles. The van der Waals surface area contributed by atoms with Crippen molar-refractivity contribution in [2.24, 2.45) is 0 Å². The number of nitrogens with zero attached hydrogens (tertiary/aromatic N) is 1. The van der Waals surface area contributed by atoms with Crippen LogP contribution >= 0.6 is 15.9 Å². The van der Waals surface area contributed by atoms with Crippen molar-refractivity contribution < 1.29 is 23.8 Å². The van der Waals surface area contributed by atoms with Gasteiger partial charge in [0.15, 0.2) is 11.5 Å². The number of ether oxygens (including phenoxy) is 3. The molecular formula is C24H17BrN2O5. The maximum atomic E-state index is 12.7. The molecule has 3 aromatic rings. The Morgan fingerprint density at radius 2 is 1.81 bits per heavy atom. The lowest BCUT2D eigenvalue weighted by Gasteiger charge is -2.13. The van der Waals surface area contributed by atoms with Crippen LogP contribution in [-0.2, 0) is 16.2 Å². The number of amides is 2. The average Bonchev–Trinajstić information content (AvgIpc) is 3.38. The van der Waals surface area contributed by atoms with Crippen LogP contribution in [0.3, 0.4) is 0 Å². The van der Waals surface area contributed by atoms with Gasteiger partial charge in [0, 0.05) is 0 Å². The van der Waals surface area contributed by atoms with Crippen LogP contribution < -0.4 is 24.6 Å². The molecule has 5 rings (SSSR count). The Morgan fingerprint density at radius 1 is 1.00 bits per heavy atom. The molecule has 7 nitrogen and oxygen atoms in total. The fourth-order valence-electron chi connectivity index (χ4n) is 3.40. The van der Waals surface area contributed by atoms with E-state index < -0.39 is 11.8 Å². The lowest BCUT2D eigenvalue weighted by molar-refractivity contribution is -0.117. The van der Waals surface area contributed by atoms with Gasteiger partial charge in [0.2, 0.25) is 6.79 Å². The molecule has 0 bridgehead atoms. The molecule has 0 saturated carbocycles. The minimum Gasteiger partial charge on any atom is -0.488 e. The summed E-state index contributed by atoms with van der Waals surface area (Å²) in [5.74, 6) is 1.22. The zero-order valence-corrected chi connectivity index (χ0v) is 18.3. The topological polar surface area (TPSA) is 77.1 Å². The Hall–Kier alpha value is -3.78. The van der Waals surface area contributed by atoms with Crippen molar-refractivity contribution in [2.75, 3.05) is 11.8 Å². The highest BCUT2D eigenvalue weighted by Crippen LogP contribution is 2.33. The second-order valence-corrected chi connectivity index (χ2v) is 8.00. The van der Waals surface area contributed by atoms with E-state index in [1.165, 1.54) is 5.01 Å². The zero-order valence-electron chi connectivity index (χ0n) is 16.7. The molecule has 1 N–H and O–H groups in total. The predicted octanol–water partition coefficient (Wildman–Crippen LogP) is 4.22. The minimum absolute atomic E-state index is 0.0646. The SMILES string of the molecule is O=C1NN(c2ccccc2)C(=O)C1=Cc1ccc(OCc2ccc3c(c2)OCO3)c(Br)c1. The summed E-state index contributed by atoms with van der Waals surface area (Å²) in [6, 6.07) is 20.0. The third-order valence-corrected chi connectivity index (χ3v) is 5.62. The number of nitrogens with one attached hydrogen (secondary N) is 1. The first kappa shape index (κ1) is 20.1. The van der Waals surface area contributed by atoms with Gasteiger partial charge in [-0.25, -0.2) is 5.01 Å². The van der Waals surface area contributed by atoms with Gasteiger partial charge in [-0.15, -0.1) is 0 Å². The smallest absolute Gasteiger partial charge is 0.282 e. The number of para-hydroxylation sites is 1. The summed E-state index contributed by atoms with van der Waals surface area (Å²) in [6.45, 7) is 0.578. The third kappa shape index (κ3) is 3.92. The van der Waals surface area contributed by atoms with E-state index in [2.05, 4.69) is 21.4 Å². The summed E-state index contributed by atoms with van der Waals surface area (Å²) >= 11 is 3.50. The minimum atomic E-state index is -0.446. The van der Waals surface area contributed by atoms with Gasteiger partial charge in [0.1, 0.15) is 17.9 Å². The van der Waals surface area contributed by atoms with Crippen LogP contribution in [0.15, 0.2) is 76.8 Å². The lowest BCUT2D eigenvalue weighted by Crippen LogP contribution is -2.35. The maximum Gasteiger partial charge on any atom is 0.282 e. The van der Waals surface area contributed by atoms with Gasteiger partial charge < -0.3 is 14.2 Å². The first-order valence-electron chi connectivity index (χ1n) is 9.81. The molecule has 2 aliphatic heterocycles. The zero-order chi connectivity index (χ0) is 22.1. The van der Waals surface area contributed by atoms with Gasteiger partial charge in [-0.2, -0.15) is 0 Å². The largest absolute Gasteiger partial charge is 0.488 e. The molecule has 1 fully saturated rings. The fraction of sp³-hybridized carbons (Fsp3) is 0.0833. The van der Waals surface area contributed by atoms with E-state index in [0.29, 0.717) is 33.8 Å². The normalized spacial score (nSPS) is 15.9. The number of fused-ring (bicyclic) bond motifs is 1. The number of benzene rings is 3. The third-order valence-electron chi connectivity index (χ3n) is 5.00. The van der Waals surface area contributed by atoms with E-state index in [1.807, 2.05) is 24.3 Å². The highest BCUT2D eigenvalue weighted by Gasteiger charge is 2.34. The van der Waals surface area contributed by atoms with Gasteiger partial charge in [-0.05, 0) is 69.5 Å². The molecule has 0 atom stereocenters. The van der Waals surface area contributed by atoms with Crippen molar-refractivity contribution in [3.8, 4) is 17.2 Å². The van der Waals surface area contributed by atoms with Gasteiger partial charge >= 0.3 is 0 Å². The van der Waals surface area contributed by atoms with Crippen LogP contribution in [0.25, 0.3) is 6.08 Å². The predicted molar refractivity (Wildman–Crippen MR) is 121 cm³/mol. The molecule has 0 spiro atoms. The van der Waals surface area contributed by atoms with Crippen LogP contribution in [0.4, 0.5) is 5.69 Å². The summed E-state index contributed by atoms with van der Waals surface area (Å²) in [6.07, 6.45) is 1.56. The molecule has 2 amide bonds. The van der Waals surface area contributed by atoms with Crippen molar-refractivity contribution in [3.63, 3.8) is 0 Å². The highest BCUT2D eigenvalue weighted by atomic mass is 79.9. The van der Waals surface area contributed by atoms with E-state index in [4.69, 9.17) is 14.2 Å². The van der Waals surface area contributed by atoms with Crippen molar-refractivity contribution >= 4 is 39.5 Å². The van der Waals surface area contributed by atoms with Gasteiger partial charge in [0.05, 0.1) is 10.2 Å². The Balaban J connectivity index is 1.30. The number of carbonyl (C=O) groups is 2. The molecule has 0 aromatic heterocycles. The van der Waals surface area contributed by atoms with Crippen molar-refractivity contribution in [3.05, 3.63) is 87.9 Å². The Labute approximate surface area is 192 Å². The molecular weight excluding hydrogens is 476 g/mol. The fourth-order valence-corrected chi connectivity index (χ4v) is 3.91. The number of hydrogen-bond acceptors (Lipinski definition) is 5. The van der Waals surface area contributed by atoms with Crippen molar-refractivity contribution in [1.29, 1.82) is 0 Å². The first-order chi connectivity index (χ1) is 15.6. The van der Waals surface area contributed by atoms with Crippen LogP contribution in [0.5, 0.6) is 17.2 Å². The summed E-state index contributed by atoms with van der Waals surface area (Å²) in [5.41, 5.74) is 4.90. The van der Waals surface area contributed by atoms with E-state index in [1.54, 1.807) is 48.5 Å². The second kappa shape index (κ2) is 8.39. The van der Waals surface area contributed by atoms with Gasteiger partial charge in [-0.1, -0.05) is 30.3 Å².